The summed E-state index contributed by atoms with van der Waals surface area (Å²) in [5.74, 6) is 2.51. The largest absolute Gasteiger partial charge is 0.497 e. The van der Waals surface area contributed by atoms with Gasteiger partial charge in [0.15, 0.2) is 0 Å². The number of ether oxygens (including phenoxy) is 2. The second-order valence-electron chi connectivity index (χ2n) is 5.15. The maximum atomic E-state index is 5.30. The van der Waals surface area contributed by atoms with Gasteiger partial charge in [0.05, 0.1) is 25.6 Å². The van der Waals surface area contributed by atoms with Gasteiger partial charge in [-0.1, -0.05) is 6.07 Å². The molecule has 0 saturated carbocycles. The highest BCUT2D eigenvalue weighted by atomic mass is 16.5. The summed E-state index contributed by atoms with van der Waals surface area (Å²) < 4.78 is 10.6. The van der Waals surface area contributed by atoms with Crippen molar-refractivity contribution in [2.24, 2.45) is 0 Å². The van der Waals surface area contributed by atoms with E-state index in [0.29, 0.717) is 23.3 Å². The third kappa shape index (κ3) is 3.95. The molecule has 0 saturated heterocycles. The van der Waals surface area contributed by atoms with Crippen molar-refractivity contribution in [1.82, 2.24) is 15.0 Å². The van der Waals surface area contributed by atoms with Crippen LogP contribution in [-0.4, -0.2) is 36.2 Å². The van der Waals surface area contributed by atoms with Crippen molar-refractivity contribution in [2.75, 3.05) is 31.9 Å². The van der Waals surface area contributed by atoms with E-state index < -0.39 is 0 Å². The normalized spacial score (nSPS) is 10.2. The van der Waals surface area contributed by atoms with Gasteiger partial charge in [-0.3, -0.25) is 4.98 Å². The predicted molar refractivity (Wildman–Crippen MR) is 97.6 cm³/mol. The van der Waals surface area contributed by atoms with E-state index in [4.69, 9.17) is 9.47 Å². The van der Waals surface area contributed by atoms with Crippen LogP contribution in [0.15, 0.2) is 48.7 Å². The molecule has 0 spiro atoms. The van der Waals surface area contributed by atoms with E-state index in [1.54, 1.807) is 27.5 Å². The van der Waals surface area contributed by atoms with Gasteiger partial charge in [0.1, 0.15) is 17.3 Å². The van der Waals surface area contributed by atoms with Gasteiger partial charge in [0, 0.05) is 43.2 Å². The molecule has 0 aliphatic heterocycles. The molecular weight excluding hydrogens is 318 g/mol. The first-order valence-corrected chi connectivity index (χ1v) is 7.70. The zero-order valence-electron chi connectivity index (χ0n) is 14.3. The van der Waals surface area contributed by atoms with Crippen LogP contribution >= 0.6 is 0 Å². The minimum absolute atomic E-state index is 0.500. The maximum Gasteiger partial charge on any atom is 0.225 e. The number of rotatable bonds is 6. The lowest BCUT2D eigenvalue weighted by Crippen LogP contribution is -2.03. The molecular formula is C18H19N5O2. The van der Waals surface area contributed by atoms with E-state index in [0.717, 1.165) is 17.1 Å². The number of benzene rings is 1. The van der Waals surface area contributed by atoms with Crippen LogP contribution in [0.5, 0.6) is 11.5 Å². The minimum atomic E-state index is 0.500. The Hall–Kier alpha value is -3.35. The molecule has 1 aromatic carbocycles. The highest BCUT2D eigenvalue weighted by molar-refractivity contribution is 5.66. The number of aromatic nitrogens is 3. The van der Waals surface area contributed by atoms with E-state index in [1.807, 2.05) is 42.5 Å². The topological polar surface area (TPSA) is 81.2 Å². The summed E-state index contributed by atoms with van der Waals surface area (Å²) in [5, 5.41) is 6.23. The lowest BCUT2D eigenvalue weighted by molar-refractivity contribution is 0.395. The average Bonchev–Trinajstić information content (AvgIpc) is 2.68. The van der Waals surface area contributed by atoms with Crippen molar-refractivity contribution < 1.29 is 9.47 Å². The van der Waals surface area contributed by atoms with E-state index in [9.17, 15) is 0 Å². The van der Waals surface area contributed by atoms with E-state index >= 15 is 0 Å². The van der Waals surface area contributed by atoms with Crippen LogP contribution < -0.4 is 20.1 Å². The summed E-state index contributed by atoms with van der Waals surface area (Å²) in [7, 11) is 5.00. The molecule has 0 amide bonds. The van der Waals surface area contributed by atoms with Gasteiger partial charge in [0.2, 0.25) is 5.95 Å². The van der Waals surface area contributed by atoms with Crippen molar-refractivity contribution in [3.8, 4) is 22.9 Å². The minimum Gasteiger partial charge on any atom is -0.497 e. The van der Waals surface area contributed by atoms with Crippen LogP contribution in [0.3, 0.4) is 0 Å². The zero-order valence-corrected chi connectivity index (χ0v) is 14.3. The Kier molecular flexibility index (Phi) is 4.94. The second kappa shape index (κ2) is 7.48. The Morgan fingerprint density at radius 1 is 0.880 bits per heavy atom. The summed E-state index contributed by atoms with van der Waals surface area (Å²) in [6, 6.07) is 13.1. The molecule has 0 atom stereocenters. The number of hydrogen-bond acceptors (Lipinski definition) is 7. The number of hydrogen-bond donors (Lipinski definition) is 2. The predicted octanol–water partition coefficient (Wildman–Crippen LogP) is 3.34. The lowest BCUT2D eigenvalue weighted by atomic mass is 10.2. The smallest absolute Gasteiger partial charge is 0.225 e. The number of methoxy groups -OCH3 is 2. The zero-order chi connectivity index (χ0) is 17.6. The van der Waals surface area contributed by atoms with E-state index in [2.05, 4.69) is 25.6 Å². The quantitative estimate of drug-likeness (QED) is 0.714. The molecule has 128 valence electrons. The molecule has 3 aromatic rings. The van der Waals surface area contributed by atoms with Gasteiger partial charge < -0.3 is 20.1 Å². The molecule has 2 heterocycles. The first kappa shape index (κ1) is 16.5. The van der Waals surface area contributed by atoms with E-state index in [1.165, 1.54) is 0 Å². The summed E-state index contributed by atoms with van der Waals surface area (Å²) >= 11 is 0. The molecule has 3 rings (SSSR count). The van der Waals surface area contributed by atoms with Crippen molar-refractivity contribution >= 4 is 17.5 Å². The third-order valence-electron chi connectivity index (χ3n) is 3.50. The summed E-state index contributed by atoms with van der Waals surface area (Å²) in [6.45, 7) is 0. The van der Waals surface area contributed by atoms with Gasteiger partial charge in [-0.15, -0.1) is 0 Å². The molecule has 7 heteroatoms. The van der Waals surface area contributed by atoms with Gasteiger partial charge in [-0.05, 0) is 12.1 Å². The summed E-state index contributed by atoms with van der Waals surface area (Å²) in [4.78, 5) is 13.2. The molecule has 0 bridgehead atoms. The fourth-order valence-electron chi connectivity index (χ4n) is 2.30. The fourth-order valence-corrected chi connectivity index (χ4v) is 2.30. The van der Waals surface area contributed by atoms with Gasteiger partial charge >= 0.3 is 0 Å². The maximum absolute atomic E-state index is 5.30. The van der Waals surface area contributed by atoms with E-state index in [-0.39, 0.29) is 0 Å². The molecule has 25 heavy (non-hydrogen) atoms. The summed E-state index contributed by atoms with van der Waals surface area (Å²) in [5.41, 5.74) is 2.29. The first-order chi connectivity index (χ1) is 12.2. The molecule has 0 aliphatic rings. The third-order valence-corrected chi connectivity index (χ3v) is 3.50. The lowest BCUT2D eigenvalue weighted by Gasteiger charge is -2.12. The molecule has 0 radical (unpaired) electrons. The Bertz CT molecular complexity index is 833. The number of nitrogens with zero attached hydrogens (tertiary/aromatic N) is 3. The number of nitrogens with one attached hydrogen (secondary N) is 2. The van der Waals surface area contributed by atoms with Crippen molar-refractivity contribution in [2.45, 2.75) is 0 Å². The van der Waals surface area contributed by atoms with Crippen LogP contribution in [0, 0.1) is 0 Å². The monoisotopic (exact) mass is 337 g/mol. The average molecular weight is 337 g/mol. The van der Waals surface area contributed by atoms with Crippen LogP contribution in [-0.2, 0) is 0 Å². The standard InChI is InChI=1S/C18H19N5O2/c1-19-18-22-16(15-6-4-5-7-20-15)11-17(23-18)21-12-8-13(24-2)10-14(9-12)25-3/h4-11H,1-3H3,(H2,19,21,22,23). The van der Waals surface area contributed by atoms with Gasteiger partial charge in [0.25, 0.3) is 0 Å². The van der Waals surface area contributed by atoms with Gasteiger partial charge in [-0.2, -0.15) is 4.98 Å². The Labute approximate surface area is 146 Å². The van der Waals surface area contributed by atoms with Crippen LogP contribution in [0.4, 0.5) is 17.5 Å². The van der Waals surface area contributed by atoms with Crippen molar-refractivity contribution in [1.29, 1.82) is 0 Å². The highest BCUT2D eigenvalue weighted by Crippen LogP contribution is 2.28. The Morgan fingerprint density at radius 2 is 1.64 bits per heavy atom. The van der Waals surface area contributed by atoms with Crippen LogP contribution in [0.25, 0.3) is 11.4 Å². The first-order valence-electron chi connectivity index (χ1n) is 7.70. The molecule has 0 aliphatic carbocycles. The molecule has 2 aromatic heterocycles. The molecule has 0 unspecified atom stereocenters. The molecule has 7 nitrogen and oxygen atoms in total. The highest BCUT2D eigenvalue weighted by Gasteiger charge is 2.09. The molecule has 0 fully saturated rings. The Morgan fingerprint density at radius 3 is 2.24 bits per heavy atom. The van der Waals surface area contributed by atoms with Crippen LogP contribution in [0.1, 0.15) is 0 Å². The number of pyridine rings is 1. The number of anilines is 3. The molecule has 2 N–H and O–H groups in total. The SMILES string of the molecule is CNc1nc(Nc2cc(OC)cc(OC)c2)cc(-c2ccccn2)n1. The van der Waals surface area contributed by atoms with Crippen molar-refractivity contribution in [3.05, 3.63) is 48.7 Å². The Balaban J connectivity index is 1.97. The van der Waals surface area contributed by atoms with Crippen molar-refractivity contribution in [3.63, 3.8) is 0 Å². The van der Waals surface area contributed by atoms with Gasteiger partial charge in [-0.25, -0.2) is 4.98 Å². The second-order valence-corrected chi connectivity index (χ2v) is 5.15. The van der Waals surface area contributed by atoms with Crippen LogP contribution in [0.2, 0.25) is 0 Å². The summed E-state index contributed by atoms with van der Waals surface area (Å²) in [6.07, 6.45) is 1.73. The fraction of sp³-hybridized carbons (Fsp3) is 0.167.